The van der Waals surface area contributed by atoms with E-state index in [1.165, 1.54) is 0 Å². The number of hydrogen-bond donors (Lipinski definition) is 2. The minimum absolute atomic E-state index is 0.0935. The van der Waals surface area contributed by atoms with Crippen molar-refractivity contribution < 1.29 is 4.79 Å². The quantitative estimate of drug-likeness (QED) is 0.744. The molecule has 0 bridgehead atoms. The van der Waals surface area contributed by atoms with Crippen LogP contribution in [0.1, 0.15) is 37.6 Å². The third kappa shape index (κ3) is 4.57. The number of hydrogen-bond acceptors (Lipinski definition) is 3. The van der Waals surface area contributed by atoms with Gasteiger partial charge in [0.15, 0.2) is 5.78 Å². The lowest BCUT2D eigenvalue weighted by Gasteiger charge is -2.22. The van der Waals surface area contributed by atoms with Gasteiger partial charge in [0.1, 0.15) is 0 Å². The van der Waals surface area contributed by atoms with E-state index in [1.807, 2.05) is 24.3 Å². The van der Waals surface area contributed by atoms with Gasteiger partial charge in [0.2, 0.25) is 0 Å². The SMILES string of the molecule is CC(=O)c1cccc(NCCC(C)(C)CN)c1. The normalized spacial score (nSPS) is 11.3. The molecule has 1 aromatic carbocycles. The van der Waals surface area contributed by atoms with Crippen LogP contribution in [0, 0.1) is 5.41 Å². The third-order valence-electron chi connectivity index (χ3n) is 2.95. The van der Waals surface area contributed by atoms with Gasteiger partial charge in [-0.1, -0.05) is 26.0 Å². The molecule has 0 amide bonds. The maximum atomic E-state index is 11.2. The Morgan fingerprint density at radius 3 is 2.71 bits per heavy atom. The van der Waals surface area contributed by atoms with Crippen molar-refractivity contribution in [3.05, 3.63) is 29.8 Å². The number of rotatable bonds is 6. The molecule has 1 aromatic rings. The third-order valence-corrected chi connectivity index (χ3v) is 2.95. The molecule has 0 saturated carbocycles. The number of carbonyl (C=O) groups is 1. The van der Waals surface area contributed by atoms with Crippen molar-refractivity contribution in [2.24, 2.45) is 11.1 Å². The zero-order valence-electron chi connectivity index (χ0n) is 10.9. The van der Waals surface area contributed by atoms with Crippen molar-refractivity contribution in [2.45, 2.75) is 27.2 Å². The molecule has 0 aliphatic carbocycles. The van der Waals surface area contributed by atoms with Crippen LogP contribution in [-0.4, -0.2) is 18.9 Å². The lowest BCUT2D eigenvalue weighted by atomic mass is 9.90. The highest BCUT2D eigenvalue weighted by molar-refractivity contribution is 5.94. The molecule has 0 atom stereocenters. The van der Waals surface area contributed by atoms with Crippen molar-refractivity contribution in [3.63, 3.8) is 0 Å². The molecule has 1 rings (SSSR count). The van der Waals surface area contributed by atoms with Crippen LogP contribution >= 0.6 is 0 Å². The molecular weight excluding hydrogens is 212 g/mol. The van der Waals surface area contributed by atoms with E-state index < -0.39 is 0 Å². The lowest BCUT2D eigenvalue weighted by Crippen LogP contribution is -2.26. The Labute approximate surface area is 103 Å². The Bertz CT molecular complexity index is 386. The molecule has 0 heterocycles. The topological polar surface area (TPSA) is 55.1 Å². The number of ketones is 1. The van der Waals surface area contributed by atoms with Gasteiger partial charge in [-0.15, -0.1) is 0 Å². The highest BCUT2D eigenvalue weighted by Gasteiger charge is 2.14. The van der Waals surface area contributed by atoms with Crippen LogP contribution < -0.4 is 11.1 Å². The van der Waals surface area contributed by atoms with Gasteiger partial charge in [0.05, 0.1) is 0 Å². The maximum absolute atomic E-state index is 11.2. The Balaban J connectivity index is 2.52. The number of carbonyl (C=O) groups excluding carboxylic acids is 1. The molecular formula is C14H22N2O. The lowest BCUT2D eigenvalue weighted by molar-refractivity contribution is 0.101. The molecule has 0 fully saturated rings. The van der Waals surface area contributed by atoms with E-state index in [2.05, 4.69) is 19.2 Å². The Morgan fingerprint density at radius 1 is 1.41 bits per heavy atom. The van der Waals surface area contributed by atoms with E-state index in [-0.39, 0.29) is 11.2 Å². The Hall–Kier alpha value is -1.35. The molecule has 0 radical (unpaired) electrons. The van der Waals surface area contributed by atoms with Gasteiger partial charge in [-0.05, 0) is 37.4 Å². The second-order valence-electron chi connectivity index (χ2n) is 5.18. The fourth-order valence-corrected chi connectivity index (χ4v) is 1.50. The largest absolute Gasteiger partial charge is 0.385 e. The van der Waals surface area contributed by atoms with Crippen molar-refractivity contribution in [2.75, 3.05) is 18.4 Å². The van der Waals surface area contributed by atoms with Crippen molar-refractivity contribution >= 4 is 11.5 Å². The highest BCUT2D eigenvalue weighted by Crippen LogP contribution is 2.18. The summed E-state index contributed by atoms with van der Waals surface area (Å²) in [5.41, 5.74) is 7.57. The molecule has 0 unspecified atom stereocenters. The molecule has 94 valence electrons. The summed E-state index contributed by atoms with van der Waals surface area (Å²) < 4.78 is 0. The van der Waals surface area contributed by atoms with Crippen LogP contribution in [-0.2, 0) is 0 Å². The summed E-state index contributed by atoms with van der Waals surface area (Å²) >= 11 is 0. The first-order valence-corrected chi connectivity index (χ1v) is 5.99. The average molecular weight is 234 g/mol. The van der Waals surface area contributed by atoms with Crippen LogP contribution in [0.15, 0.2) is 24.3 Å². The highest BCUT2D eigenvalue weighted by atomic mass is 16.1. The first-order chi connectivity index (χ1) is 7.94. The molecule has 0 spiro atoms. The fourth-order valence-electron chi connectivity index (χ4n) is 1.50. The van der Waals surface area contributed by atoms with E-state index in [4.69, 9.17) is 5.73 Å². The van der Waals surface area contributed by atoms with Crippen molar-refractivity contribution in [1.82, 2.24) is 0 Å². The maximum Gasteiger partial charge on any atom is 0.159 e. The molecule has 0 aliphatic heterocycles. The summed E-state index contributed by atoms with van der Waals surface area (Å²) in [5.74, 6) is 0.0935. The Morgan fingerprint density at radius 2 is 2.12 bits per heavy atom. The summed E-state index contributed by atoms with van der Waals surface area (Å²) in [5, 5.41) is 3.32. The van der Waals surface area contributed by atoms with Gasteiger partial charge < -0.3 is 11.1 Å². The monoisotopic (exact) mass is 234 g/mol. The molecule has 3 heteroatoms. The van der Waals surface area contributed by atoms with Gasteiger partial charge in [-0.25, -0.2) is 0 Å². The Kier molecular flexibility index (Phi) is 4.70. The summed E-state index contributed by atoms with van der Waals surface area (Å²) in [4.78, 5) is 11.2. The minimum Gasteiger partial charge on any atom is -0.385 e. The second kappa shape index (κ2) is 5.82. The van der Waals surface area contributed by atoms with Crippen LogP contribution in [0.5, 0.6) is 0 Å². The van der Waals surface area contributed by atoms with Crippen LogP contribution in [0.3, 0.4) is 0 Å². The molecule has 17 heavy (non-hydrogen) atoms. The number of anilines is 1. The van der Waals surface area contributed by atoms with Crippen molar-refractivity contribution in [3.8, 4) is 0 Å². The molecule has 0 saturated heterocycles. The molecule has 0 aromatic heterocycles. The second-order valence-corrected chi connectivity index (χ2v) is 5.18. The standard InChI is InChI=1S/C14H22N2O/c1-11(17)12-5-4-6-13(9-12)16-8-7-14(2,3)10-15/h4-6,9,16H,7-8,10,15H2,1-3H3. The summed E-state index contributed by atoms with van der Waals surface area (Å²) in [6.45, 7) is 7.44. The van der Waals surface area contributed by atoms with Crippen molar-refractivity contribution in [1.29, 1.82) is 0 Å². The first-order valence-electron chi connectivity index (χ1n) is 5.99. The van der Waals surface area contributed by atoms with Gasteiger partial charge in [0.25, 0.3) is 0 Å². The van der Waals surface area contributed by atoms with Gasteiger partial charge in [-0.3, -0.25) is 4.79 Å². The predicted molar refractivity (Wildman–Crippen MR) is 72.4 cm³/mol. The van der Waals surface area contributed by atoms with E-state index in [0.29, 0.717) is 6.54 Å². The van der Waals surface area contributed by atoms with Crippen LogP contribution in [0.4, 0.5) is 5.69 Å². The molecule has 3 nitrogen and oxygen atoms in total. The van der Waals surface area contributed by atoms with E-state index >= 15 is 0 Å². The zero-order valence-corrected chi connectivity index (χ0v) is 10.9. The first kappa shape index (κ1) is 13.7. The number of nitrogens with one attached hydrogen (secondary N) is 1. The van der Waals surface area contributed by atoms with E-state index in [0.717, 1.165) is 24.2 Å². The predicted octanol–water partition coefficient (Wildman–Crippen LogP) is 2.68. The molecule has 0 aliphatic rings. The number of benzene rings is 1. The smallest absolute Gasteiger partial charge is 0.159 e. The summed E-state index contributed by atoms with van der Waals surface area (Å²) in [7, 11) is 0. The van der Waals surface area contributed by atoms with Crippen LogP contribution in [0.25, 0.3) is 0 Å². The minimum atomic E-state index is 0.0935. The number of Topliss-reactive ketones (excluding diaryl/α,β-unsaturated/α-hetero) is 1. The van der Waals surface area contributed by atoms with E-state index in [9.17, 15) is 4.79 Å². The van der Waals surface area contributed by atoms with Gasteiger partial charge in [0, 0.05) is 17.8 Å². The average Bonchev–Trinajstić information content (AvgIpc) is 2.29. The van der Waals surface area contributed by atoms with Crippen LogP contribution in [0.2, 0.25) is 0 Å². The summed E-state index contributed by atoms with van der Waals surface area (Å²) in [6.07, 6.45) is 1.01. The van der Waals surface area contributed by atoms with Gasteiger partial charge >= 0.3 is 0 Å². The van der Waals surface area contributed by atoms with E-state index in [1.54, 1.807) is 6.92 Å². The fraction of sp³-hybridized carbons (Fsp3) is 0.500. The number of nitrogens with two attached hydrogens (primary N) is 1. The summed E-state index contributed by atoms with van der Waals surface area (Å²) in [6, 6.07) is 7.59. The molecule has 3 N–H and O–H groups in total. The van der Waals surface area contributed by atoms with Gasteiger partial charge in [-0.2, -0.15) is 0 Å². The zero-order chi connectivity index (χ0) is 12.9.